The van der Waals surface area contributed by atoms with Gasteiger partial charge in [-0.05, 0) is 6.42 Å². The van der Waals surface area contributed by atoms with Gasteiger partial charge in [-0.1, -0.05) is 0 Å². The predicted octanol–water partition coefficient (Wildman–Crippen LogP) is 2.69. The maximum absolute atomic E-state index is 12.3. The number of rotatable bonds is 0. The lowest BCUT2D eigenvalue weighted by Crippen LogP contribution is -2.16. The Labute approximate surface area is 107 Å². The molecule has 1 aliphatic heterocycles. The van der Waals surface area contributed by atoms with Crippen molar-refractivity contribution in [2.45, 2.75) is 19.0 Å². The number of nitrogens with one attached hydrogen (secondary N) is 1. The molecule has 8 heteroatoms. The van der Waals surface area contributed by atoms with E-state index in [4.69, 9.17) is 0 Å². The molecule has 1 aromatic rings. The number of nitrogens with zero attached hydrogens (tertiary/aromatic N) is 1. The first kappa shape index (κ1) is 16.0. The van der Waals surface area contributed by atoms with E-state index in [0.717, 1.165) is 22.8 Å². The van der Waals surface area contributed by atoms with Crippen molar-refractivity contribution in [2.24, 2.45) is 0 Å². The first-order valence-corrected chi connectivity index (χ1v) is 5.15. The van der Waals surface area contributed by atoms with E-state index in [1.165, 1.54) is 0 Å². The van der Waals surface area contributed by atoms with Crippen molar-refractivity contribution >= 4 is 36.2 Å². The molecule has 1 aliphatic rings. The summed E-state index contributed by atoms with van der Waals surface area (Å²) >= 11 is 0.779. The molecule has 0 unspecified atom stereocenters. The van der Waals surface area contributed by atoms with Crippen molar-refractivity contribution in [3.63, 3.8) is 0 Å². The van der Waals surface area contributed by atoms with Gasteiger partial charge >= 0.3 is 6.18 Å². The van der Waals surface area contributed by atoms with Crippen LogP contribution >= 0.6 is 36.2 Å². The van der Waals surface area contributed by atoms with Gasteiger partial charge in [0.15, 0.2) is 5.01 Å². The highest BCUT2D eigenvalue weighted by atomic mass is 35.5. The van der Waals surface area contributed by atoms with Gasteiger partial charge in [0.2, 0.25) is 0 Å². The van der Waals surface area contributed by atoms with E-state index in [0.29, 0.717) is 25.1 Å². The molecule has 0 aromatic carbocycles. The van der Waals surface area contributed by atoms with Gasteiger partial charge in [-0.3, -0.25) is 0 Å². The first-order valence-electron chi connectivity index (χ1n) is 4.34. The van der Waals surface area contributed by atoms with Gasteiger partial charge in [0.1, 0.15) is 0 Å². The molecule has 94 valence electrons. The summed E-state index contributed by atoms with van der Waals surface area (Å²) in [5.74, 6) is 0. The molecule has 1 N–H and O–H groups in total. The minimum atomic E-state index is -4.29. The van der Waals surface area contributed by atoms with Crippen LogP contribution in [0.4, 0.5) is 13.2 Å². The standard InChI is InChI=1S/C8H9F3N2S.2ClH/c9-8(10,11)7-13-5-1-3-12-4-2-6(5)14-7;;/h12H,1-4H2;2*1H. The molecule has 2 rings (SSSR count). The smallest absolute Gasteiger partial charge is 0.316 e. The Balaban J connectivity index is 0.00000112. The van der Waals surface area contributed by atoms with E-state index < -0.39 is 11.2 Å². The molecule has 0 aliphatic carbocycles. The first-order chi connectivity index (χ1) is 6.57. The van der Waals surface area contributed by atoms with Crippen molar-refractivity contribution in [1.82, 2.24) is 10.3 Å². The highest BCUT2D eigenvalue weighted by molar-refractivity contribution is 7.11. The Bertz CT molecular complexity index is 317. The topological polar surface area (TPSA) is 24.9 Å². The average molecular weight is 295 g/mol. The van der Waals surface area contributed by atoms with E-state index in [-0.39, 0.29) is 24.8 Å². The fourth-order valence-corrected chi connectivity index (χ4v) is 2.40. The number of fused-ring (bicyclic) bond motifs is 1. The summed E-state index contributed by atoms with van der Waals surface area (Å²) in [6.07, 6.45) is -3.03. The van der Waals surface area contributed by atoms with Crippen LogP contribution in [0.25, 0.3) is 0 Å². The van der Waals surface area contributed by atoms with Crippen LogP contribution in [0.3, 0.4) is 0 Å². The quantitative estimate of drug-likeness (QED) is 0.796. The van der Waals surface area contributed by atoms with Gasteiger partial charge in [0.05, 0.1) is 5.69 Å². The van der Waals surface area contributed by atoms with Crippen molar-refractivity contribution in [2.75, 3.05) is 13.1 Å². The molecule has 0 fully saturated rings. The molecule has 0 amide bonds. The Morgan fingerprint density at radius 1 is 1.12 bits per heavy atom. The lowest BCUT2D eigenvalue weighted by molar-refractivity contribution is -0.137. The van der Waals surface area contributed by atoms with Crippen LogP contribution in [0, 0.1) is 0 Å². The lowest BCUT2D eigenvalue weighted by Gasteiger charge is -2.00. The van der Waals surface area contributed by atoms with E-state index in [1.807, 2.05) is 0 Å². The Kier molecular flexibility index (Phi) is 6.03. The monoisotopic (exact) mass is 294 g/mol. The largest absolute Gasteiger partial charge is 0.443 e. The second-order valence-corrected chi connectivity index (χ2v) is 4.22. The summed E-state index contributed by atoms with van der Waals surface area (Å²) in [6, 6.07) is 0. The summed E-state index contributed by atoms with van der Waals surface area (Å²) in [4.78, 5) is 4.42. The van der Waals surface area contributed by atoms with Crippen LogP contribution in [0.1, 0.15) is 15.6 Å². The number of thiazole rings is 1. The van der Waals surface area contributed by atoms with Gasteiger partial charge in [0.25, 0.3) is 0 Å². The van der Waals surface area contributed by atoms with Crippen LogP contribution in [0.15, 0.2) is 0 Å². The third kappa shape index (κ3) is 3.48. The number of hydrogen-bond donors (Lipinski definition) is 1. The third-order valence-corrected chi connectivity index (χ3v) is 3.29. The van der Waals surface area contributed by atoms with Crippen LogP contribution in [-0.2, 0) is 19.0 Å². The number of aromatic nitrogens is 1. The SMILES string of the molecule is Cl.Cl.FC(F)(F)c1nc2c(s1)CCNCC2. The second kappa shape index (κ2) is 6.05. The van der Waals surface area contributed by atoms with Crippen LogP contribution in [0.2, 0.25) is 0 Å². The minimum Gasteiger partial charge on any atom is -0.316 e. The summed E-state index contributed by atoms with van der Waals surface area (Å²) in [5.41, 5.74) is 0.618. The summed E-state index contributed by atoms with van der Waals surface area (Å²) in [7, 11) is 0. The van der Waals surface area contributed by atoms with Gasteiger partial charge < -0.3 is 5.32 Å². The molecular weight excluding hydrogens is 284 g/mol. The Morgan fingerprint density at radius 2 is 1.75 bits per heavy atom. The lowest BCUT2D eigenvalue weighted by atomic mass is 10.2. The Morgan fingerprint density at radius 3 is 2.38 bits per heavy atom. The zero-order valence-corrected chi connectivity index (χ0v) is 10.6. The number of hydrogen-bond acceptors (Lipinski definition) is 3. The summed E-state index contributed by atoms with van der Waals surface area (Å²) in [5, 5.41) is 2.42. The van der Waals surface area contributed by atoms with Crippen LogP contribution in [0.5, 0.6) is 0 Å². The molecule has 0 bridgehead atoms. The molecule has 2 nitrogen and oxygen atoms in total. The highest BCUT2D eigenvalue weighted by Gasteiger charge is 2.35. The highest BCUT2D eigenvalue weighted by Crippen LogP contribution is 2.34. The van der Waals surface area contributed by atoms with E-state index in [1.54, 1.807) is 0 Å². The molecule has 0 radical (unpaired) electrons. The zero-order valence-electron chi connectivity index (χ0n) is 8.13. The summed E-state index contributed by atoms with van der Waals surface area (Å²) < 4.78 is 36.9. The van der Waals surface area contributed by atoms with Crippen molar-refractivity contribution in [3.05, 3.63) is 15.6 Å². The Hall–Kier alpha value is -0.0400. The van der Waals surface area contributed by atoms with Crippen molar-refractivity contribution in [1.29, 1.82) is 0 Å². The van der Waals surface area contributed by atoms with Crippen molar-refractivity contribution in [3.8, 4) is 0 Å². The molecule has 0 saturated carbocycles. The minimum absolute atomic E-state index is 0. The van der Waals surface area contributed by atoms with Gasteiger partial charge in [-0.2, -0.15) is 13.2 Å². The third-order valence-electron chi connectivity index (χ3n) is 2.09. The zero-order chi connectivity index (χ0) is 10.2. The van der Waals surface area contributed by atoms with Gasteiger partial charge in [-0.15, -0.1) is 36.2 Å². The average Bonchev–Trinajstić information content (AvgIpc) is 2.38. The fraction of sp³-hybridized carbons (Fsp3) is 0.625. The second-order valence-electron chi connectivity index (χ2n) is 3.14. The fourth-order valence-electron chi connectivity index (χ4n) is 1.43. The number of halogens is 5. The van der Waals surface area contributed by atoms with E-state index in [9.17, 15) is 13.2 Å². The molecule has 2 heterocycles. The summed E-state index contributed by atoms with van der Waals surface area (Å²) in [6.45, 7) is 1.46. The molecule has 0 saturated heterocycles. The van der Waals surface area contributed by atoms with Gasteiger partial charge in [0, 0.05) is 24.4 Å². The van der Waals surface area contributed by atoms with E-state index >= 15 is 0 Å². The van der Waals surface area contributed by atoms with Crippen LogP contribution in [-0.4, -0.2) is 18.1 Å². The predicted molar refractivity (Wildman–Crippen MR) is 61.9 cm³/mol. The molecular formula is C8H11Cl2F3N2S. The van der Waals surface area contributed by atoms with Crippen molar-refractivity contribution < 1.29 is 13.2 Å². The maximum Gasteiger partial charge on any atom is 0.443 e. The van der Waals surface area contributed by atoms with Gasteiger partial charge in [-0.25, -0.2) is 4.98 Å². The molecule has 0 atom stereocenters. The number of alkyl halides is 3. The van der Waals surface area contributed by atoms with Crippen LogP contribution < -0.4 is 5.32 Å². The normalized spacial score (nSPS) is 15.4. The molecule has 16 heavy (non-hydrogen) atoms. The maximum atomic E-state index is 12.3. The van der Waals surface area contributed by atoms with E-state index in [2.05, 4.69) is 10.3 Å². The molecule has 1 aromatic heterocycles. The molecule has 0 spiro atoms.